The van der Waals surface area contributed by atoms with E-state index >= 15 is 0 Å². The van der Waals surface area contributed by atoms with E-state index in [1.54, 1.807) is 4.52 Å². The van der Waals surface area contributed by atoms with E-state index in [1.807, 2.05) is 0 Å². The second-order valence-corrected chi connectivity index (χ2v) is 4.69. The maximum absolute atomic E-state index is 6.30. The Bertz CT molecular complexity index is 533. The molecule has 2 aromatic heterocycles. The van der Waals surface area contributed by atoms with Crippen LogP contribution >= 0.6 is 23.2 Å². The molecule has 4 nitrogen and oxygen atoms in total. The third-order valence-corrected chi connectivity index (χ3v) is 3.38. The van der Waals surface area contributed by atoms with Crippen LogP contribution in [0.15, 0.2) is 6.33 Å². The molecule has 1 fully saturated rings. The van der Waals surface area contributed by atoms with Crippen LogP contribution in [0.1, 0.15) is 30.0 Å². The molecule has 0 bridgehead atoms. The fraction of sp³-hybridized carbons (Fsp3) is 0.500. The van der Waals surface area contributed by atoms with Crippen LogP contribution in [0.25, 0.3) is 5.78 Å². The Hall–Kier alpha value is -0.870. The van der Waals surface area contributed by atoms with E-state index in [9.17, 15) is 0 Å². The molecule has 0 saturated heterocycles. The lowest BCUT2D eigenvalue weighted by molar-refractivity contribution is 0.868. The van der Waals surface area contributed by atoms with E-state index in [2.05, 4.69) is 15.1 Å². The molecule has 6 heteroatoms. The van der Waals surface area contributed by atoms with Gasteiger partial charge in [-0.2, -0.15) is 14.6 Å². The maximum Gasteiger partial charge on any atom is 0.253 e. The third kappa shape index (κ3) is 1.57. The molecule has 16 heavy (non-hydrogen) atoms. The van der Waals surface area contributed by atoms with Crippen molar-refractivity contribution in [1.82, 2.24) is 19.6 Å². The van der Waals surface area contributed by atoms with Gasteiger partial charge in [-0.05, 0) is 19.3 Å². The van der Waals surface area contributed by atoms with E-state index in [0.717, 1.165) is 17.7 Å². The zero-order chi connectivity index (χ0) is 11.1. The van der Waals surface area contributed by atoms with Gasteiger partial charge in [0.25, 0.3) is 5.78 Å². The van der Waals surface area contributed by atoms with Gasteiger partial charge in [-0.3, -0.25) is 0 Å². The SMILES string of the molecule is ClCCc1c(C2CC2)nc2ncnn2c1Cl. The minimum atomic E-state index is 0.539. The molecule has 0 amide bonds. The highest BCUT2D eigenvalue weighted by Crippen LogP contribution is 2.42. The van der Waals surface area contributed by atoms with Gasteiger partial charge in [-0.25, -0.2) is 4.98 Å². The summed E-state index contributed by atoms with van der Waals surface area (Å²) in [6, 6.07) is 0. The van der Waals surface area contributed by atoms with Gasteiger partial charge in [0, 0.05) is 17.4 Å². The number of rotatable bonds is 3. The number of halogens is 2. The molecule has 1 aliphatic carbocycles. The van der Waals surface area contributed by atoms with Crippen LogP contribution < -0.4 is 0 Å². The van der Waals surface area contributed by atoms with Crippen LogP contribution in [0, 0.1) is 0 Å². The van der Waals surface area contributed by atoms with Gasteiger partial charge in [0.2, 0.25) is 0 Å². The zero-order valence-corrected chi connectivity index (χ0v) is 10.0. The first-order chi connectivity index (χ1) is 7.81. The summed E-state index contributed by atoms with van der Waals surface area (Å²) in [5, 5.41) is 4.65. The lowest BCUT2D eigenvalue weighted by Gasteiger charge is -2.09. The van der Waals surface area contributed by atoms with Crippen molar-refractivity contribution in [3.05, 3.63) is 22.7 Å². The Kier molecular flexibility index (Phi) is 2.48. The van der Waals surface area contributed by atoms with Crippen molar-refractivity contribution in [2.75, 3.05) is 5.88 Å². The van der Waals surface area contributed by atoms with Crippen molar-refractivity contribution in [3.8, 4) is 0 Å². The lowest BCUT2D eigenvalue weighted by Crippen LogP contribution is -2.05. The Balaban J connectivity index is 2.23. The predicted octanol–water partition coefficient (Wildman–Crippen LogP) is 2.44. The standard InChI is InChI=1S/C10H10Cl2N4/c11-4-3-7-8(6-1-2-6)15-10-13-5-14-16(10)9(7)12/h5-6H,1-4H2. The molecule has 0 atom stereocenters. The Labute approximate surface area is 103 Å². The summed E-state index contributed by atoms with van der Waals surface area (Å²) >= 11 is 12.1. The predicted molar refractivity (Wildman–Crippen MR) is 62.2 cm³/mol. The first-order valence-corrected chi connectivity index (χ1v) is 6.16. The second-order valence-electron chi connectivity index (χ2n) is 3.95. The number of aromatic nitrogens is 4. The van der Waals surface area contributed by atoms with E-state index in [1.165, 1.54) is 19.2 Å². The van der Waals surface area contributed by atoms with Crippen LogP contribution in [0.3, 0.4) is 0 Å². The summed E-state index contributed by atoms with van der Waals surface area (Å²) in [4.78, 5) is 8.60. The first-order valence-electron chi connectivity index (χ1n) is 5.25. The van der Waals surface area contributed by atoms with E-state index in [0.29, 0.717) is 22.7 Å². The molecular weight excluding hydrogens is 247 g/mol. The molecule has 3 rings (SSSR count). The van der Waals surface area contributed by atoms with Crippen LogP contribution in [-0.2, 0) is 6.42 Å². The van der Waals surface area contributed by atoms with Crippen LogP contribution in [-0.4, -0.2) is 25.5 Å². The van der Waals surface area contributed by atoms with Gasteiger partial charge in [0.05, 0.1) is 5.69 Å². The molecule has 0 N–H and O–H groups in total. The van der Waals surface area contributed by atoms with Gasteiger partial charge in [0.15, 0.2) is 0 Å². The number of nitrogens with zero attached hydrogens (tertiary/aromatic N) is 4. The summed E-state index contributed by atoms with van der Waals surface area (Å²) in [7, 11) is 0. The summed E-state index contributed by atoms with van der Waals surface area (Å²) in [5.41, 5.74) is 2.09. The number of alkyl halides is 1. The largest absolute Gasteiger partial charge is 0.253 e. The summed E-state index contributed by atoms with van der Waals surface area (Å²) in [6.07, 6.45) is 4.57. The number of hydrogen-bond acceptors (Lipinski definition) is 3. The normalized spacial score (nSPS) is 15.9. The molecule has 0 unspecified atom stereocenters. The molecule has 0 aromatic carbocycles. The lowest BCUT2D eigenvalue weighted by atomic mass is 10.1. The van der Waals surface area contributed by atoms with Crippen molar-refractivity contribution >= 4 is 29.0 Å². The average molecular weight is 257 g/mol. The third-order valence-electron chi connectivity index (χ3n) is 2.80. The van der Waals surface area contributed by atoms with Gasteiger partial charge in [-0.15, -0.1) is 11.6 Å². The van der Waals surface area contributed by atoms with E-state index in [-0.39, 0.29) is 0 Å². The van der Waals surface area contributed by atoms with Crippen LogP contribution in [0.4, 0.5) is 0 Å². The van der Waals surface area contributed by atoms with Gasteiger partial charge < -0.3 is 0 Å². The molecule has 1 aliphatic rings. The van der Waals surface area contributed by atoms with Gasteiger partial charge in [0.1, 0.15) is 11.5 Å². The van der Waals surface area contributed by atoms with Crippen molar-refractivity contribution in [2.24, 2.45) is 0 Å². The van der Waals surface area contributed by atoms with Gasteiger partial charge in [-0.1, -0.05) is 11.6 Å². The number of hydrogen-bond donors (Lipinski definition) is 0. The van der Waals surface area contributed by atoms with E-state index in [4.69, 9.17) is 23.2 Å². The number of fused-ring (bicyclic) bond motifs is 1. The zero-order valence-electron chi connectivity index (χ0n) is 8.53. The van der Waals surface area contributed by atoms with Crippen molar-refractivity contribution in [2.45, 2.75) is 25.2 Å². The molecular formula is C10H10Cl2N4. The molecule has 0 spiro atoms. The maximum atomic E-state index is 6.30. The Morgan fingerprint density at radius 1 is 1.44 bits per heavy atom. The highest BCUT2D eigenvalue weighted by atomic mass is 35.5. The second kappa shape index (κ2) is 3.86. The van der Waals surface area contributed by atoms with Crippen molar-refractivity contribution in [1.29, 1.82) is 0 Å². The quantitative estimate of drug-likeness (QED) is 0.626. The monoisotopic (exact) mass is 256 g/mol. The average Bonchev–Trinajstić information content (AvgIpc) is 3.01. The van der Waals surface area contributed by atoms with Gasteiger partial charge >= 0.3 is 0 Å². The minimum absolute atomic E-state index is 0.539. The molecule has 0 aliphatic heterocycles. The summed E-state index contributed by atoms with van der Waals surface area (Å²) < 4.78 is 1.56. The highest BCUT2D eigenvalue weighted by Gasteiger charge is 2.30. The fourth-order valence-corrected chi connectivity index (χ4v) is 2.38. The molecule has 1 saturated carbocycles. The van der Waals surface area contributed by atoms with Crippen molar-refractivity contribution < 1.29 is 0 Å². The minimum Gasteiger partial charge on any atom is -0.215 e. The molecule has 84 valence electrons. The fourth-order valence-electron chi connectivity index (χ4n) is 1.88. The van der Waals surface area contributed by atoms with Crippen LogP contribution in [0.5, 0.6) is 0 Å². The first kappa shape index (κ1) is 10.3. The highest BCUT2D eigenvalue weighted by molar-refractivity contribution is 6.30. The molecule has 2 heterocycles. The molecule has 2 aromatic rings. The summed E-state index contributed by atoms with van der Waals surface area (Å²) in [5.74, 6) is 1.66. The van der Waals surface area contributed by atoms with E-state index < -0.39 is 0 Å². The smallest absolute Gasteiger partial charge is 0.215 e. The Morgan fingerprint density at radius 2 is 2.25 bits per heavy atom. The van der Waals surface area contributed by atoms with Crippen LogP contribution in [0.2, 0.25) is 5.15 Å². The Morgan fingerprint density at radius 3 is 2.94 bits per heavy atom. The summed E-state index contributed by atoms with van der Waals surface area (Å²) in [6.45, 7) is 0. The molecule has 0 radical (unpaired) electrons. The topological polar surface area (TPSA) is 43.1 Å². The van der Waals surface area contributed by atoms with Crippen molar-refractivity contribution in [3.63, 3.8) is 0 Å².